The summed E-state index contributed by atoms with van der Waals surface area (Å²) < 4.78 is 0. The smallest absolute Gasteiger partial charge is 0.0662 e. The van der Waals surface area contributed by atoms with E-state index < -0.39 is 0 Å². The van der Waals surface area contributed by atoms with Gasteiger partial charge in [-0.25, -0.2) is 0 Å². The van der Waals surface area contributed by atoms with Gasteiger partial charge in [0.2, 0.25) is 0 Å². The predicted molar refractivity (Wildman–Crippen MR) is 71.0 cm³/mol. The molecule has 0 aromatic heterocycles. The lowest BCUT2D eigenvalue weighted by atomic mass is 9.81. The number of hydrogen-bond donors (Lipinski definition) is 3. The van der Waals surface area contributed by atoms with Crippen LogP contribution in [0.2, 0.25) is 0 Å². The Hall–Kier alpha value is -0.380. The minimum atomic E-state index is -0.332. The zero-order chi connectivity index (χ0) is 13.5. The minimum Gasteiger partial charge on any atom is -0.396 e. The van der Waals surface area contributed by atoms with Crippen LogP contribution in [0, 0.1) is 23.2 Å². The average Bonchev–Trinajstić information content (AvgIpc) is 2.47. The van der Waals surface area contributed by atoms with Crippen LogP contribution in [0.15, 0.2) is 11.1 Å². The summed E-state index contributed by atoms with van der Waals surface area (Å²) in [5.74, 6) is 0.673. The van der Waals surface area contributed by atoms with Gasteiger partial charge in [0.15, 0.2) is 0 Å². The molecule has 0 amide bonds. The number of rotatable bonds is 2. The van der Waals surface area contributed by atoms with Crippen molar-refractivity contribution in [1.82, 2.24) is 0 Å². The van der Waals surface area contributed by atoms with E-state index in [9.17, 15) is 15.3 Å². The zero-order valence-corrected chi connectivity index (χ0v) is 11.7. The molecule has 0 aromatic rings. The highest BCUT2D eigenvalue weighted by atomic mass is 16.3. The molecule has 3 N–H and O–H groups in total. The van der Waals surface area contributed by atoms with Crippen LogP contribution >= 0.6 is 0 Å². The molecule has 0 unspecified atom stereocenters. The molecule has 2 rings (SSSR count). The second-order valence-corrected chi connectivity index (χ2v) is 6.78. The quantitative estimate of drug-likeness (QED) is 0.658. The molecular formula is C15H26O3. The van der Waals surface area contributed by atoms with Crippen molar-refractivity contribution in [3.63, 3.8) is 0 Å². The highest BCUT2D eigenvalue weighted by Crippen LogP contribution is 2.52. The van der Waals surface area contributed by atoms with E-state index in [0.29, 0.717) is 5.92 Å². The van der Waals surface area contributed by atoms with Gasteiger partial charge in [-0.3, -0.25) is 0 Å². The van der Waals surface area contributed by atoms with E-state index in [0.717, 1.165) is 24.8 Å². The van der Waals surface area contributed by atoms with E-state index in [2.05, 4.69) is 20.8 Å². The van der Waals surface area contributed by atoms with Crippen LogP contribution in [-0.4, -0.2) is 34.6 Å². The maximum absolute atomic E-state index is 10.5. The van der Waals surface area contributed by atoms with Crippen molar-refractivity contribution in [3.05, 3.63) is 11.1 Å². The summed E-state index contributed by atoms with van der Waals surface area (Å²) in [4.78, 5) is 0. The molecule has 1 fully saturated rings. The SMILES string of the molecule is C[C@H]1CC[C@H](CO)C(CO)=C2CC(C)(C)[C@H](O)[C@H]21. The molecule has 0 aromatic carbocycles. The molecule has 18 heavy (non-hydrogen) atoms. The number of hydrogen-bond acceptors (Lipinski definition) is 3. The highest BCUT2D eigenvalue weighted by Gasteiger charge is 2.48. The Balaban J connectivity index is 2.46. The monoisotopic (exact) mass is 254 g/mol. The summed E-state index contributed by atoms with van der Waals surface area (Å²) in [6.45, 7) is 6.50. The first kappa shape index (κ1) is 14.0. The van der Waals surface area contributed by atoms with E-state index in [-0.39, 0.29) is 36.6 Å². The predicted octanol–water partition coefficient (Wildman–Crippen LogP) is 1.72. The van der Waals surface area contributed by atoms with E-state index in [1.165, 1.54) is 5.57 Å². The Labute approximate surface area is 110 Å². The van der Waals surface area contributed by atoms with Crippen molar-refractivity contribution in [3.8, 4) is 0 Å². The average molecular weight is 254 g/mol. The maximum Gasteiger partial charge on any atom is 0.0662 e. The zero-order valence-electron chi connectivity index (χ0n) is 11.7. The van der Waals surface area contributed by atoms with Crippen molar-refractivity contribution in [2.24, 2.45) is 23.2 Å². The Morgan fingerprint density at radius 2 is 1.89 bits per heavy atom. The molecule has 2 aliphatic carbocycles. The third-order valence-electron chi connectivity index (χ3n) is 5.07. The first-order valence-electron chi connectivity index (χ1n) is 7.04. The van der Waals surface area contributed by atoms with E-state index in [1.807, 2.05) is 0 Å². The van der Waals surface area contributed by atoms with Gasteiger partial charge >= 0.3 is 0 Å². The summed E-state index contributed by atoms with van der Waals surface area (Å²) in [7, 11) is 0. The third-order valence-corrected chi connectivity index (χ3v) is 5.07. The number of fused-ring (bicyclic) bond motifs is 1. The molecule has 1 saturated carbocycles. The number of aliphatic hydroxyl groups excluding tert-OH is 3. The van der Waals surface area contributed by atoms with Gasteiger partial charge in [0, 0.05) is 18.4 Å². The van der Waals surface area contributed by atoms with Crippen molar-refractivity contribution in [1.29, 1.82) is 0 Å². The van der Waals surface area contributed by atoms with Crippen molar-refractivity contribution >= 4 is 0 Å². The van der Waals surface area contributed by atoms with Crippen LogP contribution in [0.4, 0.5) is 0 Å². The fraction of sp³-hybridized carbons (Fsp3) is 0.867. The molecule has 3 nitrogen and oxygen atoms in total. The van der Waals surface area contributed by atoms with Gasteiger partial charge in [-0.2, -0.15) is 0 Å². The molecule has 2 aliphatic rings. The van der Waals surface area contributed by atoms with Crippen LogP contribution in [0.3, 0.4) is 0 Å². The normalized spacial score (nSPS) is 39.7. The van der Waals surface area contributed by atoms with E-state index in [1.54, 1.807) is 0 Å². The Morgan fingerprint density at radius 3 is 2.44 bits per heavy atom. The lowest BCUT2D eigenvalue weighted by Gasteiger charge is -2.28. The molecule has 3 heteroatoms. The molecule has 104 valence electrons. The van der Waals surface area contributed by atoms with Gasteiger partial charge in [-0.05, 0) is 36.2 Å². The van der Waals surface area contributed by atoms with Gasteiger partial charge in [0.1, 0.15) is 0 Å². The fourth-order valence-electron chi connectivity index (χ4n) is 3.88. The molecular weight excluding hydrogens is 228 g/mol. The van der Waals surface area contributed by atoms with Crippen LogP contribution in [0.5, 0.6) is 0 Å². The lowest BCUT2D eigenvalue weighted by molar-refractivity contribution is 0.0306. The van der Waals surface area contributed by atoms with Gasteiger partial charge in [0.05, 0.1) is 12.7 Å². The van der Waals surface area contributed by atoms with Crippen LogP contribution in [0.25, 0.3) is 0 Å². The summed E-state index contributed by atoms with van der Waals surface area (Å²) in [6.07, 6.45) is 2.44. The van der Waals surface area contributed by atoms with Gasteiger partial charge < -0.3 is 15.3 Å². The van der Waals surface area contributed by atoms with E-state index in [4.69, 9.17) is 0 Å². The Bertz CT molecular complexity index is 346. The van der Waals surface area contributed by atoms with Crippen LogP contribution in [0.1, 0.15) is 40.0 Å². The van der Waals surface area contributed by atoms with Crippen molar-refractivity contribution in [2.45, 2.75) is 46.1 Å². The summed E-state index contributed by atoms with van der Waals surface area (Å²) in [6, 6.07) is 0. The Morgan fingerprint density at radius 1 is 1.22 bits per heavy atom. The molecule has 0 spiro atoms. The fourth-order valence-corrected chi connectivity index (χ4v) is 3.88. The van der Waals surface area contributed by atoms with E-state index >= 15 is 0 Å². The van der Waals surface area contributed by atoms with Crippen LogP contribution < -0.4 is 0 Å². The number of aliphatic hydroxyl groups is 3. The van der Waals surface area contributed by atoms with Gasteiger partial charge in [0.25, 0.3) is 0 Å². The highest BCUT2D eigenvalue weighted by molar-refractivity contribution is 5.30. The van der Waals surface area contributed by atoms with Crippen LogP contribution in [-0.2, 0) is 0 Å². The molecule has 4 atom stereocenters. The lowest BCUT2D eigenvalue weighted by Crippen LogP contribution is -2.31. The third kappa shape index (κ3) is 2.13. The second-order valence-electron chi connectivity index (χ2n) is 6.78. The molecule has 0 radical (unpaired) electrons. The topological polar surface area (TPSA) is 60.7 Å². The largest absolute Gasteiger partial charge is 0.396 e. The Kier molecular flexibility index (Phi) is 3.86. The second kappa shape index (κ2) is 4.95. The minimum absolute atomic E-state index is 0.0204. The standard InChI is InChI=1S/C15H26O3/c1-9-4-5-10(7-16)12(8-17)11-6-15(2,3)14(18)13(9)11/h9-10,13-14,16-18H,4-8H2,1-3H3/t9-,10+,13-,14+/m0/s1. The summed E-state index contributed by atoms with van der Waals surface area (Å²) in [5, 5.41) is 29.7. The van der Waals surface area contributed by atoms with Crippen molar-refractivity contribution < 1.29 is 15.3 Å². The van der Waals surface area contributed by atoms with Crippen molar-refractivity contribution in [2.75, 3.05) is 13.2 Å². The molecule has 0 heterocycles. The van der Waals surface area contributed by atoms with Gasteiger partial charge in [-0.15, -0.1) is 0 Å². The molecule has 0 aliphatic heterocycles. The first-order valence-corrected chi connectivity index (χ1v) is 7.04. The molecule has 0 saturated heterocycles. The summed E-state index contributed by atoms with van der Waals surface area (Å²) in [5.41, 5.74) is 2.10. The van der Waals surface area contributed by atoms with Gasteiger partial charge in [-0.1, -0.05) is 26.3 Å². The maximum atomic E-state index is 10.5. The first-order chi connectivity index (χ1) is 8.42. The molecule has 0 bridgehead atoms. The summed E-state index contributed by atoms with van der Waals surface area (Å²) >= 11 is 0.